The summed E-state index contributed by atoms with van der Waals surface area (Å²) < 4.78 is 5.29. The predicted octanol–water partition coefficient (Wildman–Crippen LogP) is 2.46. The zero-order chi connectivity index (χ0) is 17.2. The Morgan fingerprint density at radius 3 is 2.84 bits per heavy atom. The Kier molecular flexibility index (Phi) is 4.42. The number of hydrogen-bond donors (Lipinski definition) is 0. The van der Waals surface area contributed by atoms with Crippen molar-refractivity contribution in [1.82, 2.24) is 19.9 Å². The van der Waals surface area contributed by atoms with Gasteiger partial charge in [-0.15, -0.1) is 11.3 Å². The fourth-order valence-electron chi connectivity index (χ4n) is 2.85. The number of thiazole rings is 1. The van der Waals surface area contributed by atoms with Crippen LogP contribution in [0.3, 0.4) is 0 Å². The first-order chi connectivity index (χ1) is 12.2. The number of ether oxygens (including phenoxy) is 1. The van der Waals surface area contributed by atoms with Gasteiger partial charge in [-0.05, 0) is 25.1 Å². The number of carbonyl (C=O) groups excluding carboxylic acids is 1. The van der Waals surface area contributed by atoms with Crippen LogP contribution in [0.1, 0.15) is 10.7 Å². The van der Waals surface area contributed by atoms with Crippen molar-refractivity contribution in [2.45, 2.75) is 13.3 Å². The molecule has 1 amide bonds. The third-order valence-corrected chi connectivity index (χ3v) is 5.14. The summed E-state index contributed by atoms with van der Waals surface area (Å²) >= 11 is 1.62. The van der Waals surface area contributed by atoms with Crippen LogP contribution in [0.25, 0.3) is 21.5 Å². The second kappa shape index (κ2) is 6.85. The third-order valence-electron chi connectivity index (χ3n) is 4.20. The summed E-state index contributed by atoms with van der Waals surface area (Å²) in [5.41, 5.74) is 2.49. The van der Waals surface area contributed by atoms with E-state index in [-0.39, 0.29) is 5.91 Å². The number of hydrogen-bond acceptors (Lipinski definition) is 6. The topological polar surface area (TPSA) is 68.2 Å². The normalized spacial score (nSPS) is 14.8. The van der Waals surface area contributed by atoms with Gasteiger partial charge in [0.2, 0.25) is 5.91 Å². The molecule has 0 atom stereocenters. The van der Waals surface area contributed by atoms with Gasteiger partial charge in [0.05, 0.1) is 46.4 Å². The first-order valence-electron chi connectivity index (χ1n) is 8.23. The summed E-state index contributed by atoms with van der Waals surface area (Å²) in [6.07, 6.45) is 3.92. The number of nitrogens with zero attached hydrogens (tertiary/aromatic N) is 4. The Balaban J connectivity index is 1.59. The molecular formula is C18H18N4O2S. The number of amides is 1. The van der Waals surface area contributed by atoms with Crippen molar-refractivity contribution in [2.75, 3.05) is 26.3 Å². The van der Waals surface area contributed by atoms with Crippen LogP contribution in [0.2, 0.25) is 0 Å². The van der Waals surface area contributed by atoms with Gasteiger partial charge < -0.3 is 9.64 Å². The highest BCUT2D eigenvalue weighted by Gasteiger charge is 2.17. The Labute approximate surface area is 149 Å². The lowest BCUT2D eigenvalue weighted by Crippen LogP contribution is -2.41. The molecule has 0 aliphatic carbocycles. The third kappa shape index (κ3) is 3.52. The number of aromatic nitrogens is 3. The van der Waals surface area contributed by atoms with Crippen molar-refractivity contribution in [2.24, 2.45) is 0 Å². The smallest absolute Gasteiger partial charge is 0.228 e. The highest BCUT2D eigenvalue weighted by atomic mass is 32.1. The maximum absolute atomic E-state index is 12.4. The van der Waals surface area contributed by atoms with Crippen LogP contribution < -0.4 is 0 Å². The minimum absolute atomic E-state index is 0.0874. The molecule has 4 heterocycles. The van der Waals surface area contributed by atoms with E-state index < -0.39 is 0 Å². The summed E-state index contributed by atoms with van der Waals surface area (Å²) in [6, 6.07) is 5.90. The summed E-state index contributed by atoms with van der Waals surface area (Å²) in [5, 5.41) is 1.98. The SMILES string of the molecule is Cc1ncc(-c2ccc3cnc(CC(=O)N4CCOCC4)cc3n2)s1. The molecule has 128 valence electrons. The monoisotopic (exact) mass is 354 g/mol. The molecule has 7 heteroatoms. The highest BCUT2D eigenvalue weighted by Crippen LogP contribution is 2.26. The maximum atomic E-state index is 12.4. The average molecular weight is 354 g/mol. The lowest BCUT2D eigenvalue weighted by Gasteiger charge is -2.26. The lowest BCUT2D eigenvalue weighted by molar-refractivity contribution is -0.134. The van der Waals surface area contributed by atoms with Crippen LogP contribution in [0.15, 0.2) is 30.6 Å². The number of fused-ring (bicyclic) bond motifs is 1. The number of morpholine rings is 1. The summed E-state index contributed by atoms with van der Waals surface area (Å²) in [4.78, 5) is 28.7. The molecule has 0 unspecified atom stereocenters. The van der Waals surface area contributed by atoms with Crippen LogP contribution in [0.4, 0.5) is 0 Å². The minimum Gasteiger partial charge on any atom is -0.378 e. The molecular weight excluding hydrogens is 336 g/mol. The highest BCUT2D eigenvalue weighted by molar-refractivity contribution is 7.15. The molecule has 4 rings (SSSR count). The molecule has 25 heavy (non-hydrogen) atoms. The zero-order valence-corrected chi connectivity index (χ0v) is 14.8. The Hall–Kier alpha value is -2.38. The van der Waals surface area contributed by atoms with Gasteiger partial charge in [-0.3, -0.25) is 9.78 Å². The van der Waals surface area contributed by atoms with Crippen molar-refractivity contribution in [3.05, 3.63) is 41.3 Å². The fourth-order valence-corrected chi connectivity index (χ4v) is 3.60. The Morgan fingerprint density at radius 1 is 1.24 bits per heavy atom. The van der Waals surface area contributed by atoms with E-state index in [9.17, 15) is 4.79 Å². The molecule has 3 aromatic heterocycles. The van der Waals surface area contributed by atoms with Gasteiger partial charge in [0.15, 0.2) is 0 Å². The summed E-state index contributed by atoms with van der Waals surface area (Å²) in [6.45, 7) is 4.50. The van der Waals surface area contributed by atoms with Crippen molar-refractivity contribution in [3.63, 3.8) is 0 Å². The molecule has 1 saturated heterocycles. The molecule has 0 spiro atoms. The largest absolute Gasteiger partial charge is 0.378 e. The second-order valence-electron chi connectivity index (χ2n) is 5.98. The number of pyridine rings is 2. The van der Waals surface area contributed by atoms with Gasteiger partial charge in [-0.1, -0.05) is 0 Å². The minimum atomic E-state index is 0.0874. The first-order valence-corrected chi connectivity index (χ1v) is 9.05. The van der Waals surface area contributed by atoms with Gasteiger partial charge in [-0.25, -0.2) is 9.97 Å². The average Bonchev–Trinajstić information content (AvgIpc) is 3.08. The Bertz CT molecular complexity index is 918. The van der Waals surface area contributed by atoms with Crippen LogP contribution in [0.5, 0.6) is 0 Å². The van der Waals surface area contributed by atoms with Crippen LogP contribution in [-0.2, 0) is 16.0 Å². The number of carbonyl (C=O) groups is 1. The molecule has 1 fully saturated rings. The molecule has 0 radical (unpaired) electrons. The molecule has 3 aromatic rings. The van der Waals surface area contributed by atoms with Crippen molar-refractivity contribution in [1.29, 1.82) is 0 Å². The van der Waals surface area contributed by atoms with E-state index in [0.29, 0.717) is 32.7 Å². The van der Waals surface area contributed by atoms with Gasteiger partial charge in [-0.2, -0.15) is 0 Å². The molecule has 0 bridgehead atoms. The van der Waals surface area contributed by atoms with Crippen LogP contribution in [0, 0.1) is 6.92 Å². The molecule has 6 nitrogen and oxygen atoms in total. The molecule has 0 saturated carbocycles. The van der Waals surface area contributed by atoms with E-state index in [1.165, 1.54) is 0 Å². The van der Waals surface area contributed by atoms with Crippen molar-refractivity contribution >= 4 is 28.1 Å². The molecule has 0 N–H and O–H groups in total. The second-order valence-corrected chi connectivity index (χ2v) is 7.21. The Morgan fingerprint density at radius 2 is 2.08 bits per heavy atom. The van der Waals surface area contributed by atoms with E-state index in [0.717, 1.165) is 32.2 Å². The maximum Gasteiger partial charge on any atom is 0.228 e. The van der Waals surface area contributed by atoms with Gasteiger partial charge >= 0.3 is 0 Å². The molecule has 0 aromatic carbocycles. The van der Waals surface area contributed by atoms with Crippen LogP contribution >= 0.6 is 11.3 Å². The van der Waals surface area contributed by atoms with Gasteiger partial charge in [0.25, 0.3) is 0 Å². The van der Waals surface area contributed by atoms with Gasteiger partial charge in [0, 0.05) is 30.9 Å². The van der Waals surface area contributed by atoms with Crippen LogP contribution in [-0.4, -0.2) is 52.1 Å². The van der Waals surface area contributed by atoms with E-state index >= 15 is 0 Å². The zero-order valence-electron chi connectivity index (χ0n) is 13.9. The summed E-state index contributed by atoms with van der Waals surface area (Å²) in [5.74, 6) is 0.0874. The summed E-state index contributed by atoms with van der Waals surface area (Å²) in [7, 11) is 0. The van der Waals surface area contributed by atoms with Crippen molar-refractivity contribution < 1.29 is 9.53 Å². The van der Waals surface area contributed by atoms with E-state index in [1.807, 2.05) is 36.2 Å². The molecule has 1 aliphatic heterocycles. The molecule has 1 aliphatic rings. The number of rotatable bonds is 3. The fraction of sp³-hybridized carbons (Fsp3) is 0.333. The number of aryl methyl sites for hydroxylation is 1. The van der Waals surface area contributed by atoms with Gasteiger partial charge in [0.1, 0.15) is 0 Å². The quantitative estimate of drug-likeness (QED) is 0.723. The van der Waals surface area contributed by atoms with Crippen molar-refractivity contribution in [3.8, 4) is 10.6 Å². The lowest BCUT2D eigenvalue weighted by atomic mass is 10.2. The van der Waals surface area contributed by atoms with E-state index in [4.69, 9.17) is 9.72 Å². The first kappa shape index (κ1) is 16.1. The standard InChI is InChI=1S/C18H18N4O2S/c1-12-19-11-17(25-12)15-3-2-13-10-20-14(8-16(13)21-15)9-18(23)22-4-6-24-7-5-22/h2-3,8,10-11H,4-7,9H2,1H3. The predicted molar refractivity (Wildman–Crippen MR) is 96.5 cm³/mol. The van der Waals surface area contributed by atoms with E-state index in [1.54, 1.807) is 17.5 Å². The van der Waals surface area contributed by atoms with E-state index in [2.05, 4.69) is 9.97 Å².